The van der Waals surface area contributed by atoms with Gasteiger partial charge in [0.2, 0.25) is 0 Å². The Balaban J connectivity index is 1.58. The molecular formula is C26H35N5O2. The third-order valence-corrected chi connectivity index (χ3v) is 6.86. The molecule has 1 saturated heterocycles. The highest BCUT2D eigenvalue weighted by Crippen LogP contribution is 2.38. The second-order valence-electron chi connectivity index (χ2n) is 8.83. The van der Waals surface area contributed by atoms with Crippen LogP contribution in [0.1, 0.15) is 62.7 Å². The van der Waals surface area contributed by atoms with Crippen LogP contribution in [0, 0.1) is 0 Å². The van der Waals surface area contributed by atoms with Crippen LogP contribution in [0.2, 0.25) is 0 Å². The molecule has 0 bridgehead atoms. The summed E-state index contributed by atoms with van der Waals surface area (Å²) in [5, 5.41) is 2.92. The molecule has 1 atom stereocenters. The fraction of sp³-hybridized carbons (Fsp3) is 0.500. The SMILES string of the molecule is CCN(CC)CCCCC1CCCCN1C(=O)N1c2ccccc2C(=O)Nc2cccnc21. The smallest absolute Gasteiger partial charge is 0.321 e. The Kier molecular flexibility index (Phi) is 7.60. The summed E-state index contributed by atoms with van der Waals surface area (Å²) in [4.78, 5) is 37.5. The minimum absolute atomic E-state index is 0.0904. The van der Waals surface area contributed by atoms with E-state index in [-0.39, 0.29) is 18.0 Å². The van der Waals surface area contributed by atoms with E-state index in [0.717, 1.165) is 64.7 Å². The van der Waals surface area contributed by atoms with Gasteiger partial charge >= 0.3 is 6.03 Å². The maximum atomic E-state index is 14.0. The summed E-state index contributed by atoms with van der Waals surface area (Å²) in [6, 6.07) is 11.0. The predicted octanol–water partition coefficient (Wildman–Crippen LogP) is 5.27. The van der Waals surface area contributed by atoms with Gasteiger partial charge in [0.25, 0.3) is 5.91 Å². The van der Waals surface area contributed by atoms with Crippen LogP contribution in [0.4, 0.5) is 22.0 Å². The van der Waals surface area contributed by atoms with Crippen molar-refractivity contribution in [2.75, 3.05) is 36.4 Å². The lowest BCUT2D eigenvalue weighted by molar-refractivity contribution is 0.102. The first-order chi connectivity index (χ1) is 16.1. The van der Waals surface area contributed by atoms with Gasteiger partial charge in [-0.3, -0.25) is 4.79 Å². The summed E-state index contributed by atoms with van der Waals surface area (Å²) < 4.78 is 0. The number of likely N-dealkylation sites (tertiary alicyclic amines) is 1. The van der Waals surface area contributed by atoms with Crippen LogP contribution in [-0.4, -0.2) is 58.9 Å². The molecule has 2 aliphatic rings. The average Bonchev–Trinajstić information content (AvgIpc) is 2.98. The lowest BCUT2D eigenvalue weighted by Crippen LogP contribution is -2.49. The Morgan fingerprint density at radius 1 is 1.12 bits per heavy atom. The number of carbonyl (C=O) groups is 2. The van der Waals surface area contributed by atoms with E-state index in [1.54, 1.807) is 29.3 Å². The molecular weight excluding hydrogens is 414 g/mol. The third-order valence-electron chi connectivity index (χ3n) is 6.86. The zero-order valence-electron chi connectivity index (χ0n) is 19.8. The molecule has 1 N–H and O–H groups in total. The van der Waals surface area contributed by atoms with Gasteiger partial charge in [-0.05, 0) is 76.0 Å². The van der Waals surface area contributed by atoms with Gasteiger partial charge in [0, 0.05) is 18.8 Å². The van der Waals surface area contributed by atoms with E-state index in [9.17, 15) is 9.59 Å². The van der Waals surface area contributed by atoms with E-state index in [1.807, 2.05) is 23.1 Å². The van der Waals surface area contributed by atoms with Crippen LogP contribution < -0.4 is 10.2 Å². The van der Waals surface area contributed by atoms with E-state index >= 15 is 0 Å². The van der Waals surface area contributed by atoms with Crippen molar-refractivity contribution in [3.63, 3.8) is 0 Å². The molecule has 1 unspecified atom stereocenters. The van der Waals surface area contributed by atoms with Gasteiger partial charge in [0.1, 0.15) is 0 Å². The number of aromatic nitrogens is 1. The van der Waals surface area contributed by atoms with Gasteiger partial charge in [-0.1, -0.05) is 32.4 Å². The van der Waals surface area contributed by atoms with Crippen molar-refractivity contribution in [2.24, 2.45) is 0 Å². The molecule has 0 saturated carbocycles. The number of piperidine rings is 1. The molecule has 7 nitrogen and oxygen atoms in total. The van der Waals surface area contributed by atoms with Crippen LogP contribution in [-0.2, 0) is 0 Å². The number of unbranched alkanes of at least 4 members (excludes halogenated alkanes) is 1. The molecule has 0 spiro atoms. The molecule has 176 valence electrons. The zero-order chi connectivity index (χ0) is 23.2. The van der Waals surface area contributed by atoms with Crippen LogP contribution in [0.3, 0.4) is 0 Å². The first kappa shape index (κ1) is 23.2. The highest BCUT2D eigenvalue weighted by molar-refractivity contribution is 6.16. The quantitative estimate of drug-likeness (QED) is 0.585. The fourth-order valence-electron chi connectivity index (χ4n) is 4.97. The van der Waals surface area contributed by atoms with Gasteiger partial charge in [-0.2, -0.15) is 0 Å². The summed E-state index contributed by atoms with van der Waals surface area (Å²) in [5.74, 6) is 0.258. The maximum Gasteiger partial charge on any atom is 0.330 e. The predicted molar refractivity (Wildman–Crippen MR) is 132 cm³/mol. The Morgan fingerprint density at radius 3 is 2.76 bits per heavy atom. The number of amides is 3. The molecule has 4 rings (SSSR count). The fourth-order valence-corrected chi connectivity index (χ4v) is 4.97. The van der Waals surface area contributed by atoms with Crippen LogP contribution in [0.15, 0.2) is 42.6 Å². The van der Waals surface area contributed by atoms with Gasteiger partial charge in [-0.15, -0.1) is 0 Å². The lowest BCUT2D eigenvalue weighted by Gasteiger charge is -2.39. The molecule has 2 aliphatic heterocycles. The number of urea groups is 1. The average molecular weight is 450 g/mol. The topological polar surface area (TPSA) is 68.8 Å². The molecule has 0 aliphatic carbocycles. The second-order valence-corrected chi connectivity index (χ2v) is 8.83. The number of para-hydroxylation sites is 1. The highest BCUT2D eigenvalue weighted by atomic mass is 16.2. The Bertz CT molecular complexity index is 975. The molecule has 3 amide bonds. The van der Waals surface area contributed by atoms with E-state index in [4.69, 9.17) is 0 Å². The molecule has 7 heteroatoms. The first-order valence-electron chi connectivity index (χ1n) is 12.3. The number of nitrogens with zero attached hydrogens (tertiary/aromatic N) is 4. The van der Waals surface area contributed by atoms with Gasteiger partial charge in [-0.25, -0.2) is 14.7 Å². The van der Waals surface area contributed by atoms with Gasteiger partial charge in [0.05, 0.1) is 16.9 Å². The summed E-state index contributed by atoms with van der Waals surface area (Å²) in [7, 11) is 0. The van der Waals surface area contributed by atoms with Crippen LogP contribution in [0.25, 0.3) is 0 Å². The van der Waals surface area contributed by atoms with Gasteiger partial charge < -0.3 is 15.1 Å². The maximum absolute atomic E-state index is 14.0. The van der Waals surface area contributed by atoms with Crippen molar-refractivity contribution in [2.45, 2.75) is 58.4 Å². The molecule has 1 aromatic carbocycles. The monoisotopic (exact) mass is 449 g/mol. The number of benzene rings is 1. The van der Waals surface area contributed by atoms with E-state index in [0.29, 0.717) is 22.8 Å². The van der Waals surface area contributed by atoms with E-state index in [2.05, 4.69) is 29.0 Å². The highest BCUT2D eigenvalue weighted by Gasteiger charge is 2.36. The molecule has 1 aromatic heterocycles. The summed E-state index contributed by atoms with van der Waals surface area (Å²) in [6.07, 6.45) is 8.11. The van der Waals surface area contributed by atoms with Crippen molar-refractivity contribution in [1.29, 1.82) is 0 Å². The number of pyridine rings is 1. The largest absolute Gasteiger partial charge is 0.330 e. The number of rotatable bonds is 7. The standard InChI is InChI=1S/C26H35N5O2/c1-3-29(4-2)18-9-7-12-20-13-8-10-19-30(20)26(33)31-23-16-6-5-14-21(23)25(32)28-22-15-11-17-27-24(22)31/h5-6,11,14-17,20H,3-4,7-10,12-13,18-19H2,1-2H3,(H,28,32). The number of carbonyl (C=O) groups excluding carboxylic acids is 2. The van der Waals surface area contributed by atoms with Crippen LogP contribution >= 0.6 is 0 Å². The molecule has 33 heavy (non-hydrogen) atoms. The molecule has 3 heterocycles. The van der Waals surface area contributed by atoms with Crippen molar-refractivity contribution >= 4 is 29.1 Å². The van der Waals surface area contributed by atoms with E-state index in [1.165, 1.54) is 0 Å². The minimum atomic E-state index is -0.221. The summed E-state index contributed by atoms with van der Waals surface area (Å²) >= 11 is 0. The molecule has 0 radical (unpaired) electrons. The number of hydrogen-bond acceptors (Lipinski definition) is 4. The number of fused-ring (bicyclic) bond motifs is 2. The number of hydrogen-bond donors (Lipinski definition) is 1. The second kappa shape index (κ2) is 10.8. The van der Waals surface area contributed by atoms with Gasteiger partial charge in [0.15, 0.2) is 5.82 Å². The number of anilines is 3. The Morgan fingerprint density at radius 2 is 1.94 bits per heavy atom. The summed E-state index contributed by atoms with van der Waals surface area (Å²) in [5.41, 5.74) is 1.62. The normalized spacial score (nSPS) is 17.9. The van der Waals surface area contributed by atoms with Crippen molar-refractivity contribution in [3.8, 4) is 0 Å². The van der Waals surface area contributed by atoms with Crippen LogP contribution in [0.5, 0.6) is 0 Å². The molecule has 1 fully saturated rings. The number of nitrogens with one attached hydrogen (secondary N) is 1. The van der Waals surface area contributed by atoms with Crippen molar-refractivity contribution in [1.82, 2.24) is 14.8 Å². The van der Waals surface area contributed by atoms with E-state index < -0.39 is 0 Å². The Labute approximate surface area is 196 Å². The first-order valence-corrected chi connectivity index (χ1v) is 12.3. The van der Waals surface area contributed by atoms with Crippen molar-refractivity contribution < 1.29 is 9.59 Å². The molecule has 2 aromatic rings. The van der Waals surface area contributed by atoms with Crippen molar-refractivity contribution in [3.05, 3.63) is 48.2 Å². The zero-order valence-corrected chi connectivity index (χ0v) is 19.8. The third kappa shape index (κ3) is 5.03. The Hall–Kier alpha value is -2.93. The summed E-state index contributed by atoms with van der Waals surface area (Å²) in [6.45, 7) is 8.42. The minimum Gasteiger partial charge on any atom is -0.321 e. The lowest BCUT2D eigenvalue weighted by atomic mass is 9.97.